The highest BCUT2D eigenvalue weighted by Gasteiger charge is 2.38. The van der Waals surface area contributed by atoms with Gasteiger partial charge in [0, 0.05) is 20.3 Å². The van der Waals surface area contributed by atoms with Crippen molar-refractivity contribution in [2.75, 3.05) is 37.4 Å². The van der Waals surface area contributed by atoms with Gasteiger partial charge in [0.1, 0.15) is 0 Å². The first-order valence-corrected chi connectivity index (χ1v) is 7.73. The fourth-order valence-corrected chi connectivity index (χ4v) is 3.08. The average Bonchev–Trinajstić information content (AvgIpc) is 2.49. The molecular formula is C16H26N4O. The zero-order chi connectivity index (χ0) is 15.3. The molecule has 0 bridgehead atoms. The molecule has 1 fully saturated rings. The molecule has 1 saturated heterocycles. The van der Waals surface area contributed by atoms with E-state index in [0.717, 1.165) is 50.3 Å². The van der Waals surface area contributed by atoms with Crippen LogP contribution in [0.3, 0.4) is 0 Å². The number of nitrogens with zero attached hydrogens (tertiary/aromatic N) is 2. The Labute approximate surface area is 127 Å². The van der Waals surface area contributed by atoms with Gasteiger partial charge in [-0.1, -0.05) is 13.3 Å². The van der Waals surface area contributed by atoms with Crippen LogP contribution >= 0.6 is 0 Å². The topological polar surface area (TPSA) is 57.3 Å². The lowest BCUT2D eigenvalue weighted by Gasteiger charge is -2.36. The SMILES string of the molecule is CCCC1(C(=O)Nc2cccnc2N(C)C)CCNCC1. The molecule has 2 N–H and O–H groups in total. The third-order valence-electron chi connectivity index (χ3n) is 4.23. The number of hydrogen-bond acceptors (Lipinski definition) is 4. The molecule has 21 heavy (non-hydrogen) atoms. The van der Waals surface area contributed by atoms with E-state index in [-0.39, 0.29) is 11.3 Å². The summed E-state index contributed by atoms with van der Waals surface area (Å²) in [6, 6.07) is 3.78. The maximum Gasteiger partial charge on any atom is 0.230 e. The van der Waals surface area contributed by atoms with E-state index in [9.17, 15) is 4.79 Å². The second-order valence-electron chi connectivity index (χ2n) is 6.00. The summed E-state index contributed by atoms with van der Waals surface area (Å²) in [7, 11) is 3.87. The number of hydrogen-bond donors (Lipinski definition) is 2. The van der Waals surface area contributed by atoms with Crippen molar-refractivity contribution >= 4 is 17.4 Å². The molecule has 1 aliphatic heterocycles. The third kappa shape index (κ3) is 3.53. The number of carbonyl (C=O) groups excluding carboxylic acids is 1. The Morgan fingerprint density at radius 1 is 1.43 bits per heavy atom. The molecule has 1 aromatic heterocycles. The first-order chi connectivity index (χ1) is 10.1. The number of amides is 1. The van der Waals surface area contributed by atoms with Crippen molar-refractivity contribution in [1.29, 1.82) is 0 Å². The molecule has 1 aromatic rings. The minimum atomic E-state index is -0.237. The fraction of sp³-hybridized carbons (Fsp3) is 0.625. The van der Waals surface area contributed by atoms with E-state index in [1.807, 2.05) is 31.1 Å². The van der Waals surface area contributed by atoms with Gasteiger partial charge in [-0.25, -0.2) is 4.98 Å². The van der Waals surface area contributed by atoms with Gasteiger partial charge < -0.3 is 15.5 Å². The number of carbonyl (C=O) groups is 1. The van der Waals surface area contributed by atoms with Gasteiger partial charge >= 0.3 is 0 Å². The van der Waals surface area contributed by atoms with E-state index in [4.69, 9.17) is 0 Å². The zero-order valence-corrected chi connectivity index (χ0v) is 13.3. The number of anilines is 2. The van der Waals surface area contributed by atoms with Gasteiger partial charge in [0.2, 0.25) is 5.91 Å². The molecule has 2 heterocycles. The van der Waals surface area contributed by atoms with Crippen LogP contribution in [0, 0.1) is 5.41 Å². The number of piperidine rings is 1. The molecule has 116 valence electrons. The van der Waals surface area contributed by atoms with Crippen molar-refractivity contribution < 1.29 is 4.79 Å². The van der Waals surface area contributed by atoms with Crippen molar-refractivity contribution in [3.05, 3.63) is 18.3 Å². The Bertz CT molecular complexity index is 475. The van der Waals surface area contributed by atoms with Gasteiger partial charge in [-0.2, -0.15) is 0 Å². The van der Waals surface area contributed by atoms with E-state index >= 15 is 0 Å². The number of aromatic nitrogens is 1. The summed E-state index contributed by atoms with van der Waals surface area (Å²) in [5.74, 6) is 0.938. The maximum absolute atomic E-state index is 12.9. The van der Waals surface area contributed by atoms with E-state index in [2.05, 4.69) is 22.5 Å². The molecule has 1 amide bonds. The van der Waals surface area contributed by atoms with Gasteiger partial charge in [-0.3, -0.25) is 4.79 Å². The summed E-state index contributed by atoms with van der Waals surface area (Å²) in [4.78, 5) is 19.1. The van der Waals surface area contributed by atoms with Crippen molar-refractivity contribution in [2.24, 2.45) is 5.41 Å². The average molecular weight is 290 g/mol. The van der Waals surface area contributed by atoms with Crippen LogP contribution in [-0.4, -0.2) is 38.1 Å². The van der Waals surface area contributed by atoms with Crippen LogP contribution in [0.4, 0.5) is 11.5 Å². The van der Waals surface area contributed by atoms with Crippen molar-refractivity contribution in [2.45, 2.75) is 32.6 Å². The van der Waals surface area contributed by atoms with Crippen molar-refractivity contribution in [3.8, 4) is 0 Å². The largest absolute Gasteiger partial charge is 0.361 e. The Morgan fingerprint density at radius 2 is 2.14 bits per heavy atom. The number of rotatable bonds is 5. The first kappa shape index (κ1) is 15.8. The van der Waals surface area contributed by atoms with Gasteiger partial charge in [0.05, 0.1) is 11.1 Å². The normalized spacial score (nSPS) is 17.3. The predicted octanol–water partition coefficient (Wildman–Crippen LogP) is 2.26. The highest BCUT2D eigenvalue weighted by Crippen LogP contribution is 2.36. The van der Waals surface area contributed by atoms with Crippen LogP contribution < -0.4 is 15.5 Å². The quantitative estimate of drug-likeness (QED) is 0.873. The summed E-state index contributed by atoms with van der Waals surface area (Å²) in [6.45, 7) is 3.98. The lowest BCUT2D eigenvalue weighted by molar-refractivity contribution is -0.127. The van der Waals surface area contributed by atoms with Crippen LogP contribution in [0.2, 0.25) is 0 Å². The highest BCUT2D eigenvalue weighted by molar-refractivity contribution is 5.97. The minimum Gasteiger partial charge on any atom is -0.361 e. The Balaban J connectivity index is 2.19. The van der Waals surface area contributed by atoms with E-state index in [0.29, 0.717) is 0 Å². The lowest BCUT2D eigenvalue weighted by Crippen LogP contribution is -2.45. The summed E-state index contributed by atoms with van der Waals surface area (Å²) >= 11 is 0. The van der Waals surface area contributed by atoms with E-state index in [1.54, 1.807) is 6.20 Å². The fourth-order valence-electron chi connectivity index (χ4n) is 3.08. The molecule has 0 saturated carbocycles. The zero-order valence-electron chi connectivity index (χ0n) is 13.3. The molecule has 1 aliphatic rings. The third-order valence-corrected chi connectivity index (χ3v) is 4.23. The Hall–Kier alpha value is -1.62. The summed E-state index contributed by atoms with van der Waals surface area (Å²) in [5, 5.41) is 6.46. The molecule has 0 spiro atoms. The number of pyridine rings is 1. The van der Waals surface area contributed by atoms with Gasteiger partial charge in [0.15, 0.2) is 5.82 Å². The Kier molecular flexibility index (Phi) is 5.17. The molecule has 0 atom stereocenters. The van der Waals surface area contributed by atoms with Crippen LogP contribution in [0.1, 0.15) is 32.6 Å². The molecule has 0 radical (unpaired) electrons. The van der Waals surface area contributed by atoms with Crippen molar-refractivity contribution in [3.63, 3.8) is 0 Å². The molecule has 5 heteroatoms. The molecule has 0 aromatic carbocycles. The standard InChI is InChI=1S/C16H26N4O/c1-4-7-16(8-11-17-12-9-16)15(21)19-13-6-5-10-18-14(13)20(2)3/h5-6,10,17H,4,7-9,11-12H2,1-3H3,(H,19,21). The van der Waals surface area contributed by atoms with Gasteiger partial charge in [0.25, 0.3) is 0 Å². The molecule has 0 aliphatic carbocycles. The smallest absolute Gasteiger partial charge is 0.230 e. The van der Waals surface area contributed by atoms with Crippen LogP contribution in [0.5, 0.6) is 0 Å². The van der Waals surface area contributed by atoms with Crippen LogP contribution in [0.15, 0.2) is 18.3 Å². The van der Waals surface area contributed by atoms with Crippen LogP contribution in [0.25, 0.3) is 0 Å². The van der Waals surface area contributed by atoms with E-state index < -0.39 is 0 Å². The monoisotopic (exact) mass is 290 g/mol. The summed E-state index contributed by atoms with van der Waals surface area (Å²) < 4.78 is 0. The second-order valence-corrected chi connectivity index (χ2v) is 6.00. The van der Waals surface area contributed by atoms with Crippen molar-refractivity contribution in [1.82, 2.24) is 10.3 Å². The summed E-state index contributed by atoms with van der Waals surface area (Å²) in [6.07, 6.45) is 5.53. The molecule has 5 nitrogen and oxygen atoms in total. The predicted molar refractivity (Wildman–Crippen MR) is 86.6 cm³/mol. The molecule has 0 unspecified atom stereocenters. The lowest BCUT2D eigenvalue weighted by atomic mass is 9.74. The number of nitrogens with one attached hydrogen (secondary N) is 2. The van der Waals surface area contributed by atoms with Gasteiger partial charge in [-0.15, -0.1) is 0 Å². The summed E-state index contributed by atoms with van der Waals surface area (Å²) in [5.41, 5.74) is 0.556. The second kappa shape index (κ2) is 6.89. The molecule has 2 rings (SSSR count). The minimum absolute atomic E-state index is 0.141. The van der Waals surface area contributed by atoms with E-state index in [1.165, 1.54) is 0 Å². The van der Waals surface area contributed by atoms with Gasteiger partial charge in [-0.05, 0) is 44.5 Å². The maximum atomic E-state index is 12.9. The molecular weight excluding hydrogens is 264 g/mol. The van der Waals surface area contributed by atoms with Crippen LogP contribution in [-0.2, 0) is 4.79 Å². The highest BCUT2D eigenvalue weighted by atomic mass is 16.2. The first-order valence-electron chi connectivity index (χ1n) is 7.73. The Morgan fingerprint density at radius 3 is 2.76 bits per heavy atom.